The lowest BCUT2D eigenvalue weighted by molar-refractivity contribution is 1.11. The third kappa shape index (κ3) is 2.17. The van der Waals surface area contributed by atoms with Crippen LogP contribution in [0.1, 0.15) is 16.7 Å². The van der Waals surface area contributed by atoms with Gasteiger partial charge in [-0.1, -0.05) is 6.07 Å². The van der Waals surface area contributed by atoms with Gasteiger partial charge in [0.25, 0.3) is 0 Å². The van der Waals surface area contributed by atoms with Crippen LogP contribution in [-0.4, -0.2) is 10.2 Å². The number of nitrogen functional groups attached to an aromatic ring is 2. The van der Waals surface area contributed by atoms with Crippen molar-refractivity contribution < 1.29 is 0 Å². The predicted molar refractivity (Wildman–Crippen MR) is 72.2 cm³/mol. The fraction of sp³-hybridized carbons (Fsp3) is 0.250. The smallest absolute Gasteiger partial charge is 0.175 e. The molecule has 0 unspecified atom stereocenters. The first-order valence-electron chi connectivity index (χ1n) is 5.58. The van der Waals surface area contributed by atoms with Crippen molar-refractivity contribution in [3.05, 3.63) is 28.8 Å². The van der Waals surface area contributed by atoms with Crippen LogP contribution in [-0.2, 0) is 0 Å². The Morgan fingerprint density at radius 1 is 1.00 bits per heavy atom. The molecule has 0 aliphatic heterocycles. The molecule has 0 bridgehead atoms. The highest BCUT2D eigenvalue weighted by atomic mass is 15.2. The van der Waals surface area contributed by atoms with Crippen molar-refractivity contribution in [2.45, 2.75) is 20.8 Å². The number of rotatable bonds is 2. The molecule has 0 saturated heterocycles. The molecule has 1 aromatic heterocycles. The van der Waals surface area contributed by atoms with E-state index in [4.69, 9.17) is 11.5 Å². The first-order chi connectivity index (χ1) is 8.49. The van der Waals surface area contributed by atoms with Crippen LogP contribution >= 0.6 is 0 Å². The fourth-order valence-corrected chi connectivity index (χ4v) is 1.63. The zero-order valence-electron chi connectivity index (χ0n) is 10.7. The van der Waals surface area contributed by atoms with Gasteiger partial charge in [0.1, 0.15) is 5.82 Å². The van der Waals surface area contributed by atoms with Gasteiger partial charge < -0.3 is 11.5 Å². The Bertz CT molecular complexity index is 592. The van der Waals surface area contributed by atoms with Gasteiger partial charge in [-0.05, 0) is 43.5 Å². The van der Waals surface area contributed by atoms with Crippen LogP contribution in [0, 0.1) is 20.8 Å². The normalized spacial score (nSPS) is 11.3. The van der Waals surface area contributed by atoms with Gasteiger partial charge in [-0.2, -0.15) is 10.2 Å². The number of anilines is 2. The second-order valence-corrected chi connectivity index (χ2v) is 4.29. The first kappa shape index (κ1) is 12.1. The maximum absolute atomic E-state index is 5.65. The SMILES string of the molecule is Cc1cc(C)c(N=Nc2c(N)n[nH]c2N)cc1C. The molecule has 1 aromatic carbocycles. The van der Waals surface area contributed by atoms with Crippen molar-refractivity contribution in [3.63, 3.8) is 0 Å². The molecule has 18 heavy (non-hydrogen) atoms. The predicted octanol–water partition coefficient (Wildman–Crippen LogP) is 2.91. The summed E-state index contributed by atoms with van der Waals surface area (Å²) < 4.78 is 0. The topological polar surface area (TPSA) is 105 Å². The van der Waals surface area contributed by atoms with E-state index in [0.717, 1.165) is 11.3 Å². The molecule has 0 aliphatic carbocycles. The molecule has 94 valence electrons. The van der Waals surface area contributed by atoms with Crippen molar-refractivity contribution in [2.75, 3.05) is 11.5 Å². The lowest BCUT2D eigenvalue weighted by atomic mass is 10.1. The summed E-state index contributed by atoms with van der Waals surface area (Å²) in [6.07, 6.45) is 0. The number of H-pyrrole nitrogens is 1. The second kappa shape index (κ2) is 4.48. The van der Waals surface area contributed by atoms with Crippen LogP contribution in [0.2, 0.25) is 0 Å². The Morgan fingerprint density at radius 2 is 1.67 bits per heavy atom. The van der Waals surface area contributed by atoms with E-state index in [1.54, 1.807) is 0 Å². The summed E-state index contributed by atoms with van der Waals surface area (Å²) in [5.74, 6) is 0.565. The van der Waals surface area contributed by atoms with Crippen molar-refractivity contribution in [1.29, 1.82) is 0 Å². The lowest BCUT2D eigenvalue weighted by Crippen LogP contribution is -1.85. The summed E-state index contributed by atoms with van der Waals surface area (Å²) in [5, 5.41) is 14.5. The molecule has 5 N–H and O–H groups in total. The van der Waals surface area contributed by atoms with Gasteiger partial charge in [-0.3, -0.25) is 5.10 Å². The van der Waals surface area contributed by atoms with Gasteiger partial charge in [0, 0.05) is 0 Å². The summed E-state index contributed by atoms with van der Waals surface area (Å²) in [7, 11) is 0. The number of benzene rings is 1. The Kier molecular flexibility index (Phi) is 3.01. The lowest BCUT2D eigenvalue weighted by Gasteiger charge is -2.04. The quantitative estimate of drug-likeness (QED) is 0.707. The summed E-state index contributed by atoms with van der Waals surface area (Å²) >= 11 is 0. The van der Waals surface area contributed by atoms with E-state index in [-0.39, 0.29) is 5.82 Å². The highest BCUT2D eigenvalue weighted by Crippen LogP contribution is 2.30. The number of hydrogen-bond acceptors (Lipinski definition) is 5. The Labute approximate surface area is 105 Å². The average molecular weight is 244 g/mol. The number of azo groups is 1. The third-order valence-electron chi connectivity index (χ3n) is 2.86. The van der Waals surface area contributed by atoms with E-state index < -0.39 is 0 Å². The standard InChI is InChI=1S/C12H16N6/c1-6-4-8(3)9(5-7(6)2)15-16-10-11(13)17-18-12(10)14/h4-5H,1-3H3,(H5,13,14,17,18). The van der Waals surface area contributed by atoms with E-state index in [1.165, 1.54) is 11.1 Å². The highest BCUT2D eigenvalue weighted by molar-refractivity contribution is 5.70. The summed E-state index contributed by atoms with van der Waals surface area (Å²) in [6.45, 7) is 6.09. The summed E-state index contributed by atoms with van der Waals surface area (Å²) in [5.41, 5.74) is 15.9. The third-order valence-corrected chi connectivity index (χ3v) is 2.86. The molecule has 0 amide bonds. The second-order valence-electron chi connectivity index (χ2n) is 4.29. The van der Waals surface area contributed by atoms with E-state index in [2.05, 4.69) is 33.4 Å². The average Bonchev–Trinajstić information content (AvgIpc) is 2.62. The number of hydrogen-bond donors (Lipinski definition) is 3. The summed E-state index contributed by atoms with van der Waals surface area (Å²) in [6, 6.07) is 4.06. The van der Waals surface area contributed by atoms with Crippen LogP contribution in [0.3, 0.4) is 0 Å². The van der Waals surface area contributed by atoms with Crippen molar-refractivity contribution in [3.8, 4) is 0 Å². The monoisotopic (exact) mass is 244 g/mol. The molecule has 2 aromatic rings. The molecule has 1 heterocycles. The Balaban J connectivity index is 2.38. The van der Waals surface area contributed by atoms with E-state index in [9.17, 15) is 0 Å². The van der Waals surface area contributed by atoms with E-state index in [1.807, 2.05) is 19.9 Å². The largest absolute Gasteiger partial charge is 0.382 e. The van der Waals surface area contributed by atoms with Crippen LogP contribution in [0.15, 0.2) is 22.4 Å². The molecular weight excluding hydrogens is 228 g/mol. The number of nitrogens with zero attached hydrogens (tertiary/aromatic N) is 3. The summed E-state index contributed by atoms with van der Waals surface area (Å²) in [4.78, 5) is 0. The molecule has 0 atom stereocenters. The minimum atomic E-state index is 0.248. The van der Waals surface area contributed by atoms with Crippen LogP contribution in [0.25, 0.3) is 0 Å². The zero-order chi connectivity index (χ0) is 13.3. The van der Waals surface area contributed by atoms with Gasteiger partial charge in [0.05, 0.1) is 5.69 Å². The molecule has 0 fully saturated rings. The van der Waals surface area contributed by atoms with Crippen LogP contribution in [0.4, 0.5) is 23.0 Å². The number of aromatic nitrogens is 2. The number of nitrogens with one attached hydrogen (secondary N) is 1. The Hall–Kier alpha value is -2.37. The van der Waals surface area contributed by atoms with Crippen molar-refractivity contribution in [1.82, 2.24) is 10.2 Å². The molecule has 0 saturated carbocycles. The van der Waals surface area contributed by atoms with Gasteiger partial charge >= 0.3 is 0 Å². The van der Waals surface area contributed by atoms with Crippen LogP contribution < -0.4 is 11.5 Å². The van der Waals surface area contributed by atoms with Gasteiger partial charge in [0.2, 0.25) is 0 Å². The maximum atomic E-state index is 5.65. The Morgan fingerprint density at radius 3 is 2.28 bits per heavy atom. The van der Waals surface area contributed by atoms with Crippen molar-refractivity contribution in [2.24, 2.45) is 10.2 Å². The number of aromatic amines is 1. The van der Waals surface area contributed by atoms with E-state index >= 15 is 0 Å². The minimum absolute atomic E-state index is 0.248. The number of aryl methyl sites for hydroxylation is 3. The molecule has 6 heteroatoms. The van der Waals surface area contributed by atoms with Gasteiger partial charge in [-0.25, -0.2) is 0 Å². The van der Waals surface area contributed by atoms with Crippen LogP contribution in [0.5, 0.6) is 0 Å². The molecule has 0 radical (unpaired) electrons. The van der Waals surface area contributed by atoms with Gasteiger partial charge in [-0.15, -0.1) is 5.11 Å². The van der Waals surface area contributed by atoms with E-state index in [0.29, 0.717) is 11.5 Å². The molecule has 6 nitrogen and oxygen atoms in total. The fourth-order valence-electron chi connectivity index (χ4n) is 1.63. The molecule has 0 spiro atoms. The zero-order valence-corrected chi connectivity index (χ0v) is 10.7. The highest BCUT2D eigenvalue weighted by Gasteiger charge is 2.07. The molecule has 2 rings (SSSR count). The van der Waals surface area contributed by atoms with Crippen molar-refractivity contribution >= 4 is 23.0 Å². The van der Waals surface area contributed by atoms with Gasteiger partial charge in [0.15, 0.2) is 11.5 Å². The maximum Gasteiger partial charge on any atom is 0.175 e. The molecular formula is C12H16N6. The minimum Gasteiger partial charge on any atom is -0.382 e. The first-order valence-corrected chi connectivity index (χ1v) is 5.58. The number of nitrogens with two attached hydrogens (primary N) is 2. The molecule has 0 aliphatic rings.